The molecular weight excluding hydrogens is 480 g/mol. The Morgan fingerprint density at radius 1 is 0.923 bits per heavy atom. The van der Waals surface area contributed by atoms with Crippen LogP contribution in [0.3, 0.4) is 0 Å². The van der Waals surface area contributed by atoms with Crippen LogP contribution >= 0.6 is 0 Å². The maximum atomic E-state index is 9.19. The number of aliphatic hydroxyl groups excluding tert-OH is 1. The third-order valence-electron chi connectivity index (χ3n) is 9.17. The van der Waals surface area contributed by atoms with Crippen LogP contribution in [-0.4, -0.2) is 18.3 Å². The zero-order valence-electron chi connectivity index (χ0n) is 23.0. The van der Waals surface area contributed by atoms with Gasteiger partial charge in [0.15, 0.2) is 0 Å². The van der Waals surface area contributed by atoms with Crippen molar-refractivity contribution in [2.45, 2.75) is 57.5 Å². The fraction of sp³-hybridized carbons (Fsp3) is 0.389. The van der Waals surface area contributed by atoms with Crippen LogP contribution < -0.4 is 4.74 Å². The van der Waals surface area contributed by atoms with Gasteiger partial charge in [-0.25, -0.2) is 0 Å². The summed E-state index contributed by atoms with van der Waals surface area (Å²) in [6.07, 6.45) is 12.2. The lowest BCUT2D eigenvalue weighted by Gasteiger charge is -2.45. The standard InChI is InChI=1S/C36H40O3/c1-36(19-16-31(17-20-36)39-25-30-22-28(30)18-21-37)35-33(27-10-6-3-7-11-27)14-12-29-23-32(13-15-34(29)35)38-24-26-8-4-2-5-9-26/h2-11,13,15-17,19,23,28,30,33,35,37H,12,14,18,20-22,24-25H2,1H3/t28-,30+,33+,35-,36?/m0/s1. The Morgan fingerprint density at radius 3 is 2.46 bits per heavy atom. The summed E-state index contributed by atoms with van der Waals surface area (Å²) in [6, 6.07) is 28.2. The summed E-state index contributed by atoms with van der Waals surface area (Å²) in [5, 5.41) is 9.19. The average molecular weight is 521 g/mol. The van der Waals surface area contributed by atoms with Gasteiger partial charge in [-0.15, -0.1) is 0 Å². The second kappa shape index (κ2) is 11.4. The first-order valence-electron chi connectivity index (χ1n) is 14.6. The van der Waals surface area contributed by atoms with Crippen LogP contribution in [0.1, 0.15) is 66.7 Å². The van der Waals surface area contributed by atoms with E-state index < -0.39 is 0 Å². The van der Waals surface area contributed by atoms with Crippen molar-refractivity contribution in [3.8, 4) is 5.75 Å². The first kappa shape index (κ1) is 26.0. The average Bonchev–Trinajstić information content (AvgIpc) is 3.74. The minimum absolute atomic E-state index is 0.00600. The van der Waals surface area contributed by atoms with E-state index in [4.69, 9.17) is 9.47 Å². The highest BCUT2D eigenvalue weighted by molar-refractivity contribution is 5.45. The number of rotatable bonds is 10. The number of benzene rings is 3. The van der Waals surface area contributed by atoms with E-state index in [1.54, 1.807) is 0 Å². The lowest BCUT2D eigenvalue weighted by atomic mass is 9.59. The Labute approximate surface area is 233 Å². The highest BCUT2D eigenvalue weighted by Crippen LogP contribution is 2.55. The zero-order valence-corrected chi connectivity index (χ0v) is 23.0. The number of aryl methyl sites for hydroxylation is 1. The van der Waals surface area contributed by atoms with Gasteiger partial charge in [0.05, 0.1) is 6.61 Å². The lowest BCUT2D eigenvalue weighted by Crippen LogP contribution is -2.33. The first-order valence-corrected chi connectivity index (χ1v) is 14.6. The van der Waals surface area contributed by atoms with Crippen LogP contribution in [0.2, 0.25) is 0 Å². The molecule has 5 atom stereocenters. The van der Waals surface area contributed by atoms with Crippen molar-refractivity contribution in [1.29, 1.82) is 0 Å². The molecule has 6 rings (SSSR count). The normalized spacial score (nSPS) is 27.4. The number of allylic oxidation sites excluding steroid dienone is 3. The quantitative estimate of drug-likeness (QED) is 0.295. The molecule has 202 valence electrons. The third-order valence-corrected chi connectivity index (χ3v) is 9.17. The molecule has 3 aliphatic carbocycles. The Kier molecular flexibility index (Phi) is 7.61. The molecule has 1 unspecified atom stereocenters. The van der Waals surface area contributed by atoms with Gasteiger partial charge in [-0.3, -0.25) is 0 Å². The first-order chi connectivity index (χ1) is 19.1. The topological polar surface area (TPSA) is 38.7 Å². The number of hydrogen-bond acceptors (Lipinski definition) is 3. The summed E-state index contributed by atoms with van der Waals surface area (Å²) in [5.74, 6) is 4.03. The summed E-state index contributed by atoms with van der Waals surface area (Å²) < 4.78 is 12.4. The van der Waals surface area contributed by atoms with Crippen LogP contribution in [0.5, 0.6) is 5.75 Å². The van der Waals surface area contributed by atoms with Crippen LogP contribution in [0.4, 0.5) is 0 Å². The van der Waals surface area contributed by atoms with E-state index in [9.17, 15) is 5.11 Å². The summed E-state index contributed by atoms with van der Waals surface area (Å²) in [5.41, 5.74) is 5.49. The van der Waals surface area contributed by atoms with Crippen molar-refractivity contribution in [3.05, 3.63) is 125 Å². The fourth-order valence-corrected chi connectivity index (χ4v) is 6.81. The molecule has 0 heterocycles. The molecule has 3 heteroatoms. The van der Waals surface area contributed by atoms with E-state index in [1.807, 2.05) is 6.07 Å². The van der Waals surface area contributed by atoms with Gasteiger partial charge in [-0.05, 0) is 102 Å². The highest BCUT2D eigenvalue weighted by atomic mass is 16.5. The van der Waals surface area contributed by atoms with Gasteiger partial charge in [0.25, 0.3) is 0 Å². The predicted octanol–water partition coefficient (Wildman–Crippen LogP) is 7.96. The number of ether oxygens (including phenoxy) is 2. The molecule has 1 saturated carbocycles. The van der Waals surface area contributed by atoms with Gasteiger partial charge in [-0.1, -0.05) is 79.7 Å². The Morgan fingerprint density at radius 2 is 1.72 bits per heavy atom. The van der Waals surface area contributed by atoms with Crippen molar-refractivity contribution < 1.29 is 14.6 Å². The molecule has 0 bridgehead atoms. The fourth-order valence-electron chi connectivity index (χ4n) is 6.81. The van der Waals surface area contributed by atoms with Crippen LogP contribution in [-0.2, 0) is 17.8 Å². The van der Waals surface area contributed by atoms with Crippen LogP contribution in [0.15, 0.2) is 103 Å². The molecule has 3 nitrogen and oxygen atoms in total. The highest BCUT2D eigenvalue weighted by Gasteiger charge is 2.43. The summed E-state index contributed by atoms with van der Waals surface area (Å²) >= 11 is 0. The Hall–Kier alpha value is -3.30. The smallest absolute Gasteiger partial charge is 0.120 e. The molecule has 39 heavy (non-hydrogen) atoms. The van der Waals surface area contributed by atoms with E-state index in [1.165, 1.54) is 28.7 Å². The number of fused-ring (bicyclic) bond motifs is 1. The van der Waals surface area contributed by atoms with Gasteiger partial charge in [0, 0.05) is 12.5 Å². The Balaban J connectivity index is 1.22. The molecule has 0 spiro atoms. The minimum Gasteiger partial charge on any atom is -0.494 e. The van der Waals surface area contributed by atoms with Gasteiger partial charge in [-0.2, -0.15) is 0 Å². The van der Waals surface area contributed by atoms with E-state index in [0.29, 0.717) is 30.3 Å². The van der Waals surface area contributed by atoms with Gasteiger partial charge >= 0.3 is 0 Å². The monoisotopic (exact) mass is 520 g/mol. The summed E-state index contributed by atoms with van der Waals surface area (Å²) in [4.78, 5) is 0. The van der Waals surface area contributed by atoms with E-state index in [2.05, 4.69) is 97.9 Å². The lowest BCUT2D eigenvalue weighted by molar-refractivity contribution is 0.190. The SMILES string of the molecule is CC1([C@@H]2c3ccc(OCc4ccccc4)cc3CC[C@@H]2c2ccccc2)C=CC(OC[C@H]2C[C@@H]2CCO)=CC1. The van der Waals surface area contributed by atoms with E-state index in [-0.39, 0.29) is 12.0 Å². The molecular formula is C36H40O3. The molecule has 3 aromatic rings. The second-order valence-corrected chi connectivity index (χ2v) is 11.9. The molecule has 0 radical (unpaired) electrons. The van der Waals surface area contributed by atoms with Crippen molar-refractivity contribution in [1.82, 2.24) is 0 Å². The molecule has 0 aliphatic heterocycles. The van der Waals surface area contributed by atoms with Crippen molar-refractivity contribution in [2.75, 3.05) is 13.2 Å². The molecule has 0 amide bonds. The van der Waals surface area contributed by atoms with Gasteiger partial charge in [0.2, 0.25) is 0 Å². The van der Waals surface area contributed by atoms with Crippen molar-refractivity contribution in [3.63, 3.8) is 0 Å². The largest absolute Gasteiger partial charge is 0.494 e. The molecule has 0 saturated heterocycles. The molecule has 0 aromatic heterocycles. The molecule has 3 aromatic carbocycles. The molecule has 3 aliphatic rings. The summed E-state index contributed by atoms with van der Waals surface area (Å²) in [6.45, 7) is 4.06. The third kappa shape index (κ3) is 5.84. The predicted molar refractivity (Wildman–Crippen MR) is 157 cm³/mol. The van der Waals surface area contributed by atoms with Crippen LogP contribution in [0, 0.1) is 17.3 Å². The maximum absolute atomic E-state index is 9.19. The minimum atomic E-state index is -0.00600. The molecule has 1 N–H and O–H groups in total. The van der Waals surface area contributed by atoms with Gasteiger partial charge in [0.1, 0.15) is 18.1 Å². The molecule has 1 fully saturated rings. The van der Waals surface area contributed by atoms with Crippen molar-refractivity contribution in [2.24, 2.45) is 17.3 Å². The maximum Gasteiger partial charge on any atom is 0.120 e. The summed E-state index contributed by atoms with van der Waals surface area (Å²) in [7, 11) is 0. The number of hydrogen-bond donors (Lipinski definition) is 1. The number of aliphatic hydroxyl groups is 1. The van der Waals surface area contributed by atoms with Crippen molar-refractivity contribution >= 4 is 0 Å². The second-order valence-electron chi connectivity index (χ2n) is 11.9. The van der Waals surface area contributed by atoms with E-state index in [0.717, 1.165) is 43.8 Å². The Bertz CT molecular complexity index is 1310. The van der Waals surface area contributed by atoms with E-state index >= 15 is 0 Å². The van der Waals surface area contributed by atoms with Gasteiger partial charge < -0.3 is 14.6 Å². The zero-order chi connectivity index (χ0) is 26.7. The van der Waals surface area contributed by atoms with Crippen LogP contribution in [0.25, 0.3) is 0 Å².